The number of pyridine rings is 1. The molecule has 1 aromatic carbocycles. The van der Waals surface area contributed by atoms with Crippen molar-refractivity contribution in [2.75, 3.05) is 13.1 Å². The van der Waals surface area contributed by atoms with Crippen molar-refractivity contribution in [2.24, 2.45) is 0 Å². The molecule has 96 valence electrons. The highest BCUT2D eigenvalue weighted by atomic mass is 16.2. The van der Waals surface area contributed by atoms with Gasteiger partial charge in [-0.25, -0.2) is 0 Å². The Hall–Kier alpha value is -2.41. The smallest absolute Gasteiger partial charge is 0.273 e. The van der Waals surface area contributed by atoms with Crippen molar-refractivity contribution >= 4 is 16.7 Å². The average molecular weight is 253 g/mol. The van der Waals surface area contributed by atoms with Gasteiger partial charge in [-0.2, -0.15) is 5.26 Å². The molecule has 0 aliphatic rings. The van der Waals surface area contributed by atoms with Gasteiger partial charge in [-0.3, -0.25) is 9.78 Å². The monoisotopic (exact) mass is 253 g/mol. The van der Waals surface area contributed by atoms with E-state index >= 15 is 0 Å². The number of fused-ring (bicyclic) bond motifs is 1. The second-order valence-electron chi connectivity index (χ2n) is 4.27. The molecule has 19 heavy (non-hydrogen) atoms. The summed E-state index contributed by atoms with van der Waals surface area (Å²) in [5.74, 6) is -0.180. The highest BCUT2D eigenvalue weighted by Crippen LogP contribution is 2.17. The van der Waals surface area contributed by atoms with Crippen LogP contribution in [0.1, 0.15) is 23.8 Å². The third-order valence-corrected chi connectivity index (χ3v) is 2.92. The Morgan fingerprint density at radius 3 is 2.89 bits per heavy atom. The number of carbonyl (C=O) groups is 1. The largest absolute Gasteiger partial charge is 0.324 e. The Morgan fingerprint density at radius 1 is 1.37 bits per heavy atom. The predicted molar refractivity (Wildman–Crippen MR) is 73.6 cm³/mol. The van der Waals surface area contributed by atoms with Crippen molar-refractivity contribution < 1.29 is 4.79 Å². The molecule has 4 heteroatoms. The zero-order valence-corrected chi connectivity index (χ0v) is 10.8. The summed E-state index contributed by atoms with van der Waals surface area (Å²) >= 11 is 0. The molecule has 1 heterocycles. The van der Waals surface area contributed by atoms with Crippen LogP contribution in [0, 0.1) is 11.3 Å². The maximum atomic E-state index is 12.5. The fourth-order valence-corrected chi connectivity index (χ4v) is 2.05. The van der Waals surface area contributed by atoms with Gasteiger partial charge in [0.15, 0.2) is 0 Å². The van der Waals surface area contributed by atoms with Gasteiger partial charge in [0, 0.05) is 18.1 Å². The van der Waals surface area contributed by atoms with Crippen LogP contribution in [-0.4, -0.2) is 28.9 Å². The molecule has 0 atom stereocenters. The second-order valence-corrected chi connectivity index (χ2v) is 4.27. The van der Waals surface area contributed by atoms with Crippen LogP contribution in [0.4, 0.5) is 0 Å². The number of benzene rings is 1. The predicted octanol–water partition coefficient (Wildman–Crippen LogP) is 2.61. The zero-order valence-electron chi connectivity index (χ0n) is 10.8. The van der Waals surface area contributed by atoms with E-state index in [-0.39, 0.29) is 12.5 Å². The first-order valence-electron chi connectivity index (χ1n) is 6.28. The minimum atomic E-state index is -0.180. The molecule has 0 bridgehead atoms. The molecule has 1 amide bonds. The second kappa shape index (κ2) is 5.96. The van der Waals surface area contributed by atoms with Gasteiger partial charge in [-0.05, 0) is 17.9 Å². The minimum Gasteiger partial charge on any atom is -0.324 e. The lowest BCUT2D eigenvalue weighted by Crippen LogP contribution is -2.32. The number of amides is 1. The number of aromatic nitrogens is 1. The molecule has 2 rings (SSSR count). The Balaban J connectivity index is 2.43. The topological polar surface area (TPSA) is 57.0 Å². The molecule has 0 unspecified atom stereocenters. The molecule has 0 fully saturated rings. The van der Waals surface area contributed by atoms with Gasteiger partial charge in [0.2, 0.25) is 0 Å². The van der Waals surface area contributed by atoms with E-state index < -0.39 is 0 Å². The highest BCUT2D eigenvalue weighted by molar-refractivity contribution is 6.05. The first-order chi connectivity index (χ1) is 9.27. The average Bonchev–Trinajstić information content (AvgIpc) is 2.46. The Kier molecular flexibility index (Phi) is 4.09. The number of hydrogen-bond donors (Lipinski definition) is 0. The number of nitriles is 1. The van der Waals surface area contributed by atoms with E-state index in [9.17, 15) is 4.79 Å². The fourth-order valence-electron chi connectivity index (χ4n) is 2.05. The quantitative estimate of drug-likeness (QED) is 0.787. The standard InChI is InChI=1S/C15H15N3O/c1-2-10-18(11-8-16)15(19)14-13-6-4-3-5-12(13)7-9-17-14/h3-7,9H,2,10-11H2,1H3. The summed E-state index contributed by atoms with van der Waals surface area (Å²) < 4.78 is 0. The van der Waals surface area contributed by atoms with Crippen LogP contribution in [0.2, 0.25) is 0 Å². The van der Waals surface area contributed by atoms with E-state index in [2.05, 4.69) is 4.98 Å². The number of hydrogen-bond acceptors (Lipinski definition) is 3. The van der Waals surface area contributed by atoms with Gasteiger partial charge < -0.3 is 4.90 Å². The lowest BCUT2D eigenvalue weighted by atomic mass is 10.1. The molecule has 0 radical (unpaired) electrons. The van der Waals surface area contributed by atoms with Crippen molar-refractivity contribution in [3.63, 3.8) is 0 Å². The van der Waals surface area contributed by atoms with Crippen molar-refractivity contribution in [2.45, 2.75) is 13.3 Å². The van der Waals surface area contributed by atoms with E-state index in [1.807, 2.05) is 43.3 Å². The molecule has 0 spiro atoms. The molecule has 4 nitrogen and oxygen atoms in total. The van der Waals surface area contributed by atoms with Gasteiger partial charge >= 0.3 is 0 Å². The van der Waals surface area contributed by atoms with E-state index in [4.69, 9.17) is 5.26 Å². The summed E-state index contributed by atoms with van der Waals surface area (Å²) in [6, 6.07) is 11.5. The summed E-state index contributed by atoms with van der Waals surface area (Å²) in [5, 5.41) is 10.6. The molecule has 0 aliphatic carbocycles. The Labute approximate surface area is 112 Å². The summed E-state index contributed by atoms with van der Waals surface area (Å²) in [5.41, 5.74) is 0.418. The van der Waals surface area contributed by atoms with E-state index in [0.717, 1.165) is 17.2 Å². The Morgan fingerprint density at radius 2 is 2.16 bits per heavy atom. The van der Waals surface area contributed by atoms with Crippen molar-refractivity contribution in [1.29, 1.82) is 5.26 Å². The van der Waals surface area contributed by atoms with E-state index in [1.165, 1.54) is 4.90 Å². The third-order valence-electron chi connectivity index (χ3n) is 2.92. The van der Waals surface area contributed by atoms with Crippen molar-refractivity contribution in [1.82, 2.24) is 9.88 Å². The molecule has 0 saturated carbocycles. The zero-order chi connectivity index (χ0) is 13.7. The maximum absolute atomic E-state index is 12.5. The fraction of sp³-hybridized carbons (Fsp3) is 0.267. The van der Waals surface area contributed by atoms with E-state index in [1.54, 1.807) is 6.20 Å². The van der Waals surface area contributed by atoms with Gasteiger partial charge in [-0.1, -0.05) is 31.2 Å². The summed E-state index contributed by atoms with van der Waals surface area (Å²) in [6.45, 7) is 2.64. The first kappa shape index (κ1) is 13.0. The van der Waals surface area contributed by atoms with Gasteiger partial charge in [0.1, 0.15) is 12.2 Å². The maximum Gasteiger partial charge on any atom is 0.273 e. The summed E-state index contributed by atoms with van der Waals surface area (Å²) in [6.07, 6.45) is 2.45. The summed E-state index contributed by atoms with van der Waals surface area (Å²) in [4.78, 5) is 18.2. The molecule has 0 N–H and O–H groups in total. The van der Waals surface area contributed by atoms with Crippen LogP contribution in [-0.2, 0) is 0 Å². The van der Waals surface area contributed by atoms with Crippen LogP contribution in [0.5, 0.6) is 0 Å². The highest BCUT2D eigenvalue weighted by Gasteiger charge is 2.18. The lowest BCUT2D eigenvalue weighted by Gasteiger charge is -2.18. The molecular weight excluding hydrogens is 238 g/mol. The van der Waals surface area contributed by atoms with Gasteiger partial charge in [-0.15, -0.1) is 0 Å². The molecule has 1 aromatic heterocycles. The van der Waals surface area contributed by atoms with Crippen LogP contribution in [0.25, 0.3) is 10.8 Å². The van der Waals surface area contributed by atoms with Crippen LogP contribution in [0.3, 0.4) is 0 Å². The molecular formula is C15H15N3O. The van der Waals surface area contributed by atoms with Gasteiger partial charge in [0.25, 0.3) is 5.91 Å². The van der Waals surface area contributed by atoms with E-state index in [0.29, 0.717) is 12.2 Å². The molecule has 0 saturated heterocycles. The van der Waals surface area contributed by atoms with Gasteiger partial charge in [0.05, 0.1) is 6.07 Å². The number of rotatable bonds is 4. The third kappa shape index (κ3) is 2.71. The minimum absolute atomic E-state index is 0.0948. The van der Waals surface area contributed by atoms with Crippen LogP contribution < -0.4 is 0 Å². The lowest BCUT2D eigenvalue weighted by molar-refractivity contribution is 0.0772. The number of nitrogens with zero attached hydrogens (tertiary/aromatic N) is 3. The van der Waals surface area contributed by atoms with Crippen molar-refractivity contribution in [3.8, 4) is 6.07 Å². The van der Waals surface area contributed by atoms with Crippen LogP contribution >= 0.6 is 0 Å². The first-order valence-corrected chi connectivity index (χ1v) is 6.28. The molecule has 2 aromatic rings. The molecule has 0 aliphatic heterocycles. The summed E-state index contributed by atoms with van der Waals surface area (Å²) in [7, 11) is 0. The normalized spacial score (nSPS) is 10.1. The van der Waals surface area contributed by atoms with Crippen molar-refractivity contribution in [3.05, 3.63) is 42.2 Å². The number of carbonyl (C=O) groups excluding carboxylic acids is 1. The van der Waals surface area contributed by atoms with Crippen LogP contribution in [0.15, 0.2) is 36.5 Å². The Bertz CT molecular complexity index is 625. The SMILES string of the molecule is CCCN(CC#N)C(=O)c1nccc2ccccc12.